The van der Waals surface area contributed by atoms with Gasteiger partial charge in [-0.3, -0.25) is 4.40 Å². The van der Waals surface area contributed by atoms with E-state index in [-0.39, 0.29) is 0 Å². The van der Waals surface area contributed by atoms with Crippen molar-refractivity contribution in [2.45, 2.75) is 6.42 Å². The molecule has 0 unspecified atom stereocenters. The van der Waals surface area contributed by atoms with Crippen molar-refractivity contribution in [2.24, 2.45) is 5.73 Å². The molecule has 2 aromatic heterocycles. The summed E-state index contributed by atoms with van der Waals surface area (Å²) in [7, 11) is 4.05. The summed E-state index contributed by atoms with van der Waals surface area (Å²) in [6.45, 7) is 0.638. The van der Waals surface area contributed by atoms with Crippen molar-refractivity contribution >= 4 is 11.3 Å². The average Bonchev–Trinajstić information content (AvgIpc) is 2.62. The maximum atomic E-state index is 5.55. The second kappa shape index (κ2) is 3.90. The van der Waals surface area contributed by atoms with Crippen LogP contribution in [-0.2, 0) is 6.42 Å². The third-order valence-electron chi connectivity index (χ3n) is 2.47. The summed E-state index contributed by atoms with van der Waals surface area (Å²) in [4.78, 5) is 6.45. The lowest BCUT2D eigenvalue weighted by Gasteiger charge is -2.14. The Hall–Kier alpha value is -1.55. The van der Waals surface area contributed by atoms with Crippen LogP contribution in [0.4, 0.5) is 5.82 Å². The van der Waals surface area contributed by atoms with E-state index in [2.05, 4.69) is 26.4 Å². The third-order valence-corrected chi connectivity index (χ3v) is 2.47. The Morgan fingerprint density at radius 3 is 2.87 bits per heavy atom. The number of rotatable bonds is 3. The van der Waals surface area contributed by atoms with Crippen LogP contribution in [0.25, 0.3) is 5.52 Å². The summed E-state index contributed by atoms with van der Waals surface area (Å²) < 4.78 is 2.09. The fourth-order valence-corrected chi connectivity index (χ4v) is 1.75. The van der Waals surface area contributed by atoms with Crippen LogP contribution in [0.15, 0.2) is 24.5 Å². The first-order valence-corrected chi connectivity index (χ1v) is 5.06. The van der Waals surface area contributed by atoms with Gasteiger partial charge in [0.05, 0.1) is 11.2 Å². The van der Waals surface area contributed by atoms with E-state index in [1.54, 1.807) is 0 Å². The number of hydrogen-bond acceptors (Lipinski definition) is 3. The van der Waals surface area contributed by atoms with Gasteiger partial charge in [-0.1, -0.05) is 6.07 Å². The molecule has 0 fully saturated rings. The van der Waals surface area contributed by atoms with Crippen molar-refractivity contribution in [2.75, 3.05) is 25.5 Å². The Morgan fingerprint density at radius 2 is 2.20 bits per heavy atom. The maximum absolute atomic E-state index is 5.55. The van der Waals surface area contributed by atoms with Gasteiger partial charge < -0.3 is 10.6 Å². The van der Waals surface area contributed by atoms with Gasteiger partial charge in [-0.15, -0.1) is 0 Å². The first-order valence-electron chi connectivity index (χ1n) is 5.06. The fraction of sp³-hybridized carbons (Fsp3) is 0.364. The molecule has 2 heterocycles. The van der Waals surface area contributed by atoms with Gasteiger partial charge >= 0.3 is 0 Å². The summed E-state index contributed by atoms with van der Waals surface area (Å²) in [5.74, 6) is 1.13. The van der Waals surface area contributed by atoms with Gasteiger partial charge in [0.1, 0.15) is 12.1 Å². The molecular formula is C11H16N4. The van der Waals surface area contributed by atoms with E-state index in [0.29, 0.717) is 6.54 Å². The Bertz CT molecular complexity index is 459. The molecular weight excluding hydrogens is 188 g/mol. The first kappa shape index (κ1) is 9.98. The lowest BCUT2D eigenvalue weighted by atomic mass is 10.2. The number of imidazole rings is 1. The molecule has 4 nitrogen and oxygen atoms in total. The van der Waals surface area contributed by atoms with Crippen LogP contribution in [0, 0.1) is 0 Å². The molecule has 15 heavy (non-hydrogen) atoms. The Kier molecular flexibility index (Phi) is 2.60. The second-order valence-corrected chi connectivity index (χ2v) is 3.76. The van der Waals surface area contributed by atoms with Crippen LogP contribution in [-0.4, -0.2) is 30.0 Å². The maximum Gasteiger partial charge on any atom is 0.113 e. The zero-order valence-electron chi connectivity index (χ0n) is 9.14. The summed E-state index contributed by atoms with van der Waals surface area (Å²) in [6.07, 6.45) is 2.68. The standard InChI is InChI=1S/C11H16N4/c1-14(2)11-5-3-4-10-9(6-7-12)13-8-15(10)11/h3-5,8H,6-7,12H2,1-2H3. The molecule has 0 aromatic carbocycles. The van der Waals surface area contributed by atoms with Gasteiger partial charge in [-0.2, -0.15) is 0 Å². The van der Waals surface area contributed by atoms with Gasteiger partial charge in [0.25, 0.3) is 0 Å². The van der Waals surface area contributed by atoms with E-state index in [9.17, 15) is 0 Å². The summed E-state index contributed by atoms with van der Waals surface area (Å²) >= 11 is 0. The van der Waals surface area contributed by atoms with E-state index in [1.807, 2.05) is 26.5 Å². The van der Waals surface area contributed by atoms with Crippen molar-refractivity contribution in [1.82, 2.24) is 9.38 Å². The van der Waals surface area contributed by atoms with Gasteiger partial charge in [0, 0.05) is 20.5 Å². The Morgan fingerprint density at radius 1 is 1.40 bits per heavy atom. The number of nitrogens with two attached hydrogens (primary N) is 1. The predicted octanol–water partition coefficient (Wildman–Crippen LogP) is 0.901. The zero-order chi connectivity index (χ0) is 10.8. The Labute approximate surface area is 89.3 Å². The van der Waals surface area contributed by atoms with Crippen LogP contribution < -0.4 is 10.6 Å². The van der Waals surface area contributed by atoms with Crippen LogP contribution in [0.3, 0.4) is 0 Å². The van der Waals surface area contributed by atoms with Crippen LogP contribution >= 0.6 is 0 Å². The minimum absolute atomic E-state index is 0.638. The normalized spacial score (nSPS) is 10.9. The molecule has 0 amide bonds. The van der Waals surface area contributed by atoms with Gasteiger partial charge in [0.15, 0.2) is 0 Å². The average molecular weight is 204 g/mol. The number of fused-ring (bicyclic) bond motifs is 1. The molecule has 4 heteroatoms. The van der Waals surface area contributed by atoms with Crippen LogP contribution in [0.5, 0.6) is 0 Å². The molecule has 0 radical (unpaired) electrons. The highest BCUT2D eigenvalue weighted by molar-refractivity contribution is 5.58. The first-order chi connectivity index (χ1) is 7.24. The zero-order valence-corrected chi connectivity index (χ0v) is 9.14. The molecule has 0 aliphatic heterocycles. The molecule has 0 saturated heterocycles. The highest BCUT2D eigenvalue weighted by Gasteiger charge is 2.06. The van der Waals surface area contributed by atoms with E-state index in [4.69, 9.17) is 5.73 Å². The molecule has 0 aliphatic carbocycles. The van der Waals surface area contributed by atoms with Crippen LogP contribution in [0.1, 0.15) is 5.69 Å². The highest BCUT2D eigenvalue weighted by atomic mass is 15.2. The largest absolute Gasteiger partial charge is 0.364 e. The minimum Gasteiger partial charge on any atom is -0.364 e. The minimum atomic E-state index is 0.638. The third kappa shape index (κ3) is 1.68. The van der Waals surface area contributed by atoms with Crippen molar-refractivity contribution in [3.8, 4) is 0 Å². The monoisotopic (exact) mass is 204 g/mol. The number of anilines is 1. The van der Waals surface area contributed by atoms with Crippen molar-refractivity contribution in [3.63, 3.8) is 0 Å². The molecule has 0 aliphatic rings. The molecule has 80 valence electrons. The molecule has 0 saturated carbocycles. The molecule has 0 bridgehead atoms. The van der Waals surface area contributed by atoms with Gasteiger partial charge in [-0.05, 0) is 18.7 Å². The van der Waals surface area contributed by atoms with Gasteiger partial charge in [0.2, 0.25) is 0 Å². The number of pyridine rings is 1. The number of aromatic nitrogens is 2. The lowest BCUT2D eigenvalue weighted by molar-refractivity contribution is 0.943. The molecule has 0 atom stereocenters. The van der Waals surface area contributed by atoms with E-state index in [1.165, 1.54) is 0 Å². The summed E-state index contributed by atoms with van der Waals surface area (Å²) in [5, 5.41) is 0. The van der Waals surface area contributed by atoms with Crippen LogP contribution in [0.2, 0.25) is 0 Å². The number of nitrogens with zero attached hydrogens (tertiary/aromatic N) is 3. The molecule has 0 spiro atoms. The quantitative estimate of drug-likeness (QED) is 0.808. The van der Waals surface area contributed by atoms with E-state index < -0.39 is 0 Å². The van der Waals surface area contributed by atoms with Crippen molar-refractivity contribution in [1.29, 1.82) is 0 Å². The summed E-state index contributed by atoms with van der Waals surface area (Å²) in [6, 6.07) is 6.19. The van der Waals surface area contributed by atoms with E-state index >= 15 is 0 Å². The summed E-state index contributed by atoms with van der Waals surface area (Å²) in [5.41, 5.74) is 7.76. The molecule has 2 N–H and O–H groups in total. The fourth-order valence-electron chi connectivity index (χ4n) is 1.75. The SMILES string of the molecule is CN(C)c1cccc2c(CCN)ncn12. The number of hydrogen-bond donors (Lipinski definition) is 1. The van der Waals surface area contributed by atoms with E-state index in [0.717, 1.165) is 23.4 Å². The smallest absolute Gasteiger partial charge is 0.113 e. The van der Waals surface area contributed by atoms with Crippen molar-refractivity contribution in [3.05, 3.63) is 30.2 Å². The topological polar surface area (TPSA) is 46.6 Å². The predicted molar refractivity (Wildman–Crippen MR) is 62.3 cm³/mol. The van der Waals surface area contributed by atoms with Gasteiger partial charge in [-0.25, -0.2) is 4.98 Å². The van der Waals surface area contributed by atoms with Crippen molar-refractivity contribution < 1.29 is 0 Å². The molecule has 2 rings (SSSR count). The Balaban J connectivity index is 2.58. The second-order valence-electron chi connectivity index (χ2n) is 3.76. The highest BCUT2D eigenvalue weighted by Crippen LogP contribution is 2.17. The lowest BCUT2D eigenvalue weighted by Crippen LogP contribution is -2.12. The molecule has 2 aromatic rings.